The second kappa shape index (κ2) is 8.76. The molecule has 0 bridgehead atoms. The third-order valence-corrected chi connectivity index (χ3v) is 6.33. The summed E-state index contributed by atoms with van der Waals surface area (Å²) in [5, 5.41) is 3.24. The van der Waals surface area contributed by atoms with Gasteiger partial charge in [-0.3, -0.25) is 4.79 Å². The van der Waals surface area contributed by atoms with E-state index in [0.29, 0.717) is 39.3 Å². The van der Waals surface area contributed by atoms with Crippen LogP contribution in [0.1, 0.15) is 43.4 Å². The molecular weight excluding hydrogens is 434 g/mol. The summed E-state index contributed by atoms with van der Waals surface area (Å²) in [4.78, 5) is 13.5. The molecule has 154 valence electrons. The predicted octanol–water partition coefficient (Wildman–Crippen LogP) is 4.54. The van der Waals surface area contributed by atoms with Gasteiger partial charge in [-0.25, -0.2) is 0 Å². The average molecular weight is 460 g/mol. The fourth-order valence-electron chi connectivity index (χ4n) is 4.00. The Balaban J connectivity index is 1.56. The van der Waals surface area contributed by atoms with Crippen LogP contribution in [0.2, 0.25) is 0 Å². The van der Waals surface area contributed by atoms with Gasteiger partial charge in [0.05, 0.1) is 24.7 Å². The number of halogens is 1. The lowest BCUT2D eigenvalue weighted by Crippen LogP contribution is -2.48. The number of benzene rings is 2. The smallest absolute Gasteiger partial charge is 0.231 e. The van der Waals surface area contributed by atoms with Crippen molar-refractivity contribution in [2.75, 3.05) is 26.4 Å². The Hall–Kier alpha value is -2.05. The molecule has 1 saturated heterocycles. The first-order valence-corrected chi connectivity index (χ1v) is 10.9. The fourth-order valence-corrected chi connectivity index (χ4v) is 4.27. The first-order chi connectivity index (χ1) is 14.1. The summed E-state index contributed by atoms with van der Waals surface area (Å²) in [6.45, 7) is 4.48. The van der Waals surface area contributed by atoms with Gasteiger partial charge in [-0.2, -0.15) is 0 Å². The quantitative estimate of drug-likeness (QED) is 0.728. The monoisotopic (exact) mass is 459 g/mol. The molecule has 1 fully saturated rings. The first-order valence-electron chi connectivity index (χ1n) is 10.1. The molecule has 2 aromatic rings. The number of fused-ring (bicyclic) bond motifs is 1. The summed E-state index contributed by atoms with van der Waals surface area (Å²) in [5.74, 6) is 1.55. The Kier molecular flexibility index (Phi) is 6.11. The summed E-state index contributed by atoms with van der Waals surface area (Å²) in [6.07, 6.45) is 2.22. The highest BCUT2D eigenvalue weighted by Crippen LogP contribution is 2.37. The highest BCUT2D eigenvalue weighted by atomic mass is 79.9. The van der Waals surface area contributed by atoms with E-state index in [1.54, 1.807) is 0 Å². The van der Waals surface area contributed by atoms with Crippen LogP contribution in [0.15, 0.2) is 46.9 Å². The van der Waals surface area contributed by atoms with E-state index in [2.05, 4.69) is 21.2 Å². The van der Waals surface area contributed by atoms with Gasteiger partial charge >= 0.3 is 0 Å². The topological polar surface area (TPSA) is 56.8 Å². The minimum Gasteiger partial charge on any atom is -0.490 e. The average Bonchev–Trinajstić information content (AvgIpc) is 2.99. The van der Waals surface area contributed by atoms with Crippen LogP contribution < -0.4 is 14.8 Å². The molecule has 5 nitrogen and oxygen atoms in total. The molecule has 1 N–H and O–H groups in total. The zero-order valence-electron chi connectivity index (χ0n) is 16.6. The molecule has 1 atom stereocenters. The number of amides is 1. The Labute approximate surface area is 179 Å². The number of ether oxygens (including phenoxy) is 3. The van der Waals surface area contributed by atoms with Gasteiger partial charge in [0.15, 0.2) is 11.5 Å². The van der Waals surface area contributed by atoms with Crippen molar-refractivity contribution in [2.45, 2.75) is 37.6 Å². The summed E-state index contributed by atoms with van der Waals surface area (Å²) in [7, 11) is 0. The zero-order chi connectivity index (χ0) is 20.3. The van der Waals surface area contributed by atoms with Crippen LogP contribution in [-0.4, -0.2) is 32.3 Å². The van der Waals surface area contributed by atoms with Crippen LogP contribution in [-0.2, 0) is 14.9 Å². The Morgan fingerprint density at radius 2 is 1.69 bits per heavy atom. The molecule has 0 aromatic heterocycles. The van der Waals surface area contributed by atoms with Gasteiger partial charge in [-0.1, -0.05) is 34.1 Å². The van der Waals surface area contributed by atoms with E-state index in [1.807, 2.05) is 49.4 Å². The molecule has 2 heterocycles. The number of nitrogens with one attached hydrogen (secondary N) is 1. The van der Waals surface area contributed by atoms with Crippen molar-refractivity contribution in [3.05, 3.63) is 58.1 Å². The molecule has 0 aliphatic carbocycles. The lowest BCUT2D eigenvalue weighted by Gasteiger charge is -2.37. The van der Waals surface area contributed by atoms with Gasteiger partial charge in [0.2, 0.25) is 5.91 Å². The maximum atomic E-state index is 13.5. The van der Waals surface area contributed by atoms with E-state index in [1.165, 1.54) is 0 Å². The lowest BCUT2D eigenvalue weighted by molar-refractivity contribution is -0.131. The highest BCUT2D eigenvalue weighted by molar-refractivity contribution is 9.10. The molecular formula is C23H26BrNO4. The van der Waals surface area contributed by atoms with Gasteiger partial charge in [-0.15, -0.1) is 0 Å². The Bertz CT molecular complexity index is 862. The molecule has 6 heteroatoms. The third kappa shape index (κ3) is 4.28. The molecule has 2 aliphatic rings. The van der Waals surface area contributed by atoms with Crippen molar-refractivity contribution in [1.82, 2.24) is 5.32 Å². The van der Waals surface area contributed by atoms with Crippen LogP contribution in [0.5, 0.6) is 11.5 Å². The van der Waals surface area contributed by atoms with Gasteiger partial charge in [0, 0.05) is 24.1 Å². The standard InChI is InChI=1S/C23H26BrNO4/c1-16(17-3-8-20-21(15-17)29-12-2-11-28-20)25-22(26)23(9-13-27-14-10-23)18-4-6-19(24)7-5-18/h3-8,15-16H,2,9-14H2,1H3,(H,25,26). The van der Waals surface area contributed by atoms with Crippen molar-refractivity contribution < 1.29 is 19.0 Å². The van der Waals surface area contributed by atoms with Crippen LogP contribution >= 0.6 is 15.9 Å². The number of carbonyl (C=O) groups excluding carboxylic acids is 1. The van der Waals surface area contributed by atoms with E-state index < -0.39 is 5.41 Å². The molecule has 0 spiro atoms. The van der Waals surface area contributed by atoms with E-state index in [-0.39, 0.29) is 11.9 Å². The second-order valence-electron chi connectivity index (χ2n) is 7.65. The van der Waals surface area contributed by atoms with Crippen LogP contribution in [0, 0.1) is 0 Å². The minimum atomic E-state index is -0.571. The zero-order valence-corrected chi connectivity index (χ0v) is 18.2. The molecule has 2 aliphatic heterocycles. The van der Waals surface area contributed by atoms with Gasteiger partial charge in [0.25, 0.3) is 0 Å². The fraction of sp³-hybridized carbons (Fsp3) is 0.435. The Morgan fingerprint density at radius 3 is 2.41 bits per heavy atom. The maximum Gasteiger partial charge on any atom is 0.231 e. The molecule has 0 saturated carbocycles. The van der Waals surface area contributed by atoms with Gasteiger partial charge in [0.1, 0.15) is 0 Å². The van der Waals surface area contributed by atoms with E-state index >= 15 is 0 Å². The third-order valence-electron chi connectivity index (χ3n) is 5.80. The largest absolute Gasteiger partial charge is 0.490 e. The number of hydrogen-bond donors (Lipinski definition) is 1. The number of carbonyl (C=O) groups is 1. The van der Waals surface area contributed by atoms with Crippen LogP contribution in [0.4, 0.5) is 0 Å². The van der Waals surface area contributed by atoms with Crippen molar-refractivity contribution in [2.24, 2.45) is 0 Å². The molecule has 4 rings (SSSR count). The summed E-state index contributed by atoms with van der Waals surface area (Å²) in [5.41, 5.74) is 1.46. The Morgan fingerprint density at radius 1 is 1.00 bits per heavy atom. The van der Waals surface area contributed by atoms with Crippen molar-refractivity contribution in [1.29, 1.82) is 0 Å². The normalized spacial score (nSPS) is 19.1. The van der Waals surface area contributed by atoms with Crippen molar-refractivity contribution in [3.63, 3.8) is 0 Å². The molecule has 1 amide bonds. The predicted molar refractivity (Wildman–Crippen MR) is 114 cm³/mol. The summed E-state index contributed by atoms with van der Waals surface area (Å²) in [6, 6.07) is 13.8. The summed E-state index contributed by atoms with van der Waals surface area (Å²) >= 11 is 3.48. The van der Waals surface area contributed by atoms with Crippen LogP contribution in [0.3, 0.4) is 0 Å². The highest BCUT2D eigenvalue weighted by Gasteiger charge is 2.42. The van der Waals surface area contributed by atoms with E-state index in [9.17, 15) is 4.79 Å². The maximum absolute atomic E-state index is 13.5. The van der Waals surface area contributed by atoms with Gasteiger partial charge in [-0.05, 0) is 55.2 Å². The SMILES string of the molecule is CC(NC(=O)C1(c2ccc(Br)cc2)CCOCC1)c1ccc2c(c1)OCCCO2. The summed E-state index contributed by atoms with van der Waals surface area (Å²) < 4.78 is 18.1. The van der Waals surface area contributed by atoms with E-state index in [4.69, 9.17) is 14.2 Å². The van der Waals surface area contributed by atoms with E-state index in [0.717, 1.165) is 33.5 Å². The van der Waals surface area contributed by atoms with Crippen molar-refractivity contribution >= 4 is 21.8 Å². The number of hydrogen-bond acceptors (Lipinski definition) is 4. The molecule has 1 unspecified atom stereocenters. The van der Waals surface area contributed by atoms with Crippen molar-refractivity contribution in [3.8, 4) is 11.5 Å². The van der Waals surface area contributed by atoms with Crippen LogP contribution in [0.25, 0.3) is 0 Å². The van der Waals surface area contributed by atoms with Gasteiger partial charge < -0.3 is 19.5 Å². The lowest BCUT2D eigenvalue weighted by atomic mass is 9.73. The molecule has 29 heavy (non-hydrogen) atoms. The molecule has 2 aromatic carbocycles. The minimum absolute atomic E-state index is 0.0442. The second-order valence-corrected chi connectivity index (χ2v) is 8.57. The number of rotatable bonds is 4. The molecule has 0 radical (unpaired) electrons. The first kappa shape index (κ1) is 20.2.